The Morgan fingerprint density at radius 2 is 1.05 bits per heavy atom. The first-order valence-electron chi connectivity index (χ1n) is 7.81. The number of hydrogen-bond donors (Lipinski definition) is 0. The van der Waals surface area contributed by atoms with E-state index in [2.05, 4.69) is 0 Å². The topological polar surface area (TPSA) is 34.1 Å². The van der Waals surface area contributed by atoms with Crippen molar-refractivity contribution >= 4 is 11.8 Å². The van der Waals surface area contributed by atoms with E-state index < -0.39 is 0 Å². The molecule has 22 heavy (non-hydrogen) atoms. The lowest BCUT2D eigenvalue weighted by molar-refractivity contribution is -0.772. The van der Waals surface area contributed by atoms with E-state index in [-0.39, 0.29) is 16.3 Å². The second-order valence-corrected chi connectivity index (χ2v) is 5.82. The molecule has 112 valence electrons. The Kier molecular flexibility index (Phi) is 4.16. The van der Waals surface area contributed by atoms with Crippen molar-refractivity contribution in [3.63, 3.8) is 0 Å². The molecule has 2 amide bonds. The number of imide groups is 1. The lowest BCUT2D eigenvalue weighted by atomic mass is 10.0. The molecule has 0 radical (unpaired) electrons. The highest BCUT2D eigenvalue weighted by Gasteiger charge is 2.46. The SMILES string of the molecule is O=C(c1ccccc1)[N+]1(C(=O)c2ccccc2)CCCCC1. The zero-order valence-electron chi connectivity index (χ0n) is 12.6. The van der Waals surface area contributed by atoms with Crippen LogP contribution < -0.4 is 0 Å². The molecule has 1 heterocycles. The fourth-order valence-electron chi connectivity index (χ4n) is 3.21. The van der Waals surface area contributed by atoms with Crippen LogP contribution in [0.25, 0.3) is 0 Å². The number of hydrogen-bond acceptors (Lipinski definition) is 2. The van der Waals surface area contributed by atoms with Crippen LogP contribution in [0.15, 0.2) is 60.7 Å². The van der Waals surface area contributed by atoms with Gasteiger partial charge >= 0.3 is 11.8 Å². The van der Waals surface area contributed by atoms with E-state index >= 15 is 0 Å². The number of carbonyl (C=O) groups excluding carboxylic acids is 2. The fourth-order valence-corrected chi connectivity index (χ4v) is 3.21. The first kappa shape index (κ1) is 14.7. The highest BCUT2D eigenvalue weighted by atomic mass is 16.2. The van der Waals surface area contributed by atoms with E-state index in [1.165, 1.54) is 0 Å². The molecule has 0 spiro atoms. The zero-order valence-corrected chi connectivity index (χ0v) is 12.6. The number of likely N-dealkylation sites (tertiary alicyclic amines) is 1. The molecule has 1 aliphatic heterocycles. The molecule has 1 aliphatic rings. The highest BCUT2D eigenvalue weighted by Crippen LogP contribution is 2.26. The minimum Gasteiger partial charge on any atom is -0.225 e. The van der Waals surface area contributed by atoms with E-state index in [1.54, 1.807) is 24.3 Å². The van der Waals surface area contributed by atoms with Crippen molar-refractivity contribution < 1.29 is 14.1 Å². The van der Waals surface area contributed by atoms with E-state index in [0.717, 1.165) is 19.3 Å². The summed E-state index contributed by atoms with van der Waals surface area (Å²) >= 11 is 0. The summed E-state index contributed by atoms with van der Waals surface area (Å²) < 4.78 is -0.0754. The summed E-state index contributed by atoms with van der Waals surface area (Å²) in [6.07, 6.45) is 2.92. The number of quaternary nitrogens is 1. The summed E-state index contributed by atoms with van der Waals surface area (Å²) in [6.45, 7) is 1.20. The number of benzene rings is 2. The van der Waals surface area contributed by atoms with Gasteiger partial charge in [-0.05, 0) is 43.5 Å². The minimum atomic E-state index is -0.0754. The number of nitrogens with zero attached hydrogens (tertiary/aromatic N) is 1. The second kappa shape index (κ2) is 6.24. The molecule has 1 saturated heterocycles. The summed E-state index contributed by atoms with van der Waals surface area (Å²) in [5.41, 5.74) is 1.24. The summed E-state index contributed by atoms with van der Waals surface area (Å²) in [5, 5.41) is 0. The Bertz CT molecular complexity index is 605. The third kappa shape index (κ3) is 2.60. The van der Waals surface area contributed by atoms with Crippen molar-refractivity contribution in [1.82, 2.24) is 0 Å². The third-order valence-corrected chi connectivity index (χ3v) is 4.40. The first-order valence-corrected chi connectivity index (χ1v) is 7.81. The third-order valence-electron chi connectivity index (χ3n) is 4.40. The molecule has 0 saturated carbocycles. The predicted molar refractivity (Wildman–Crippen MR) is 85.4 cm³/mol. The van der Waals surface area contributed by atoms with Gasteiger partial charge in [-0.15, -0.1) is 0 Å². The smallest absolute Gasteiger partial charge is 0.225 e. The summed E-state index contributed by atoms with van der Waals surface area (Å²) in [4.78, 5) is 26.2. The Hall–Kier alpha value is -2.26. The molecule has 3 rings (SSSR count). The van der Waals surface area contributed by atoms with Gasteiger partial charge in [0.05, 0.1) is 24.2 Å². The quantitative estimate of drug-likeness (QED) is 0.625. The van der Waals surface area contributed by atoms with E-state index in [0.29, 0.717) is 24.2 Å². The van der Waals surface area contributed by atoms with Crippen LogP contribution in [0.4, 0.5) is 0 Å². The van der Waals surface area contributed by atoms with Gasteiger partial charge in [0.2, 0.25) is 0 Å². The first-order chi connectivity index (χ1) is 10.7. The lowest BCUT2D eigenvalue weighted by Crippen LogP contribution is -2.59. The molecule has 0 unspecified atom stereocenters. The maximum Gasteiger partial charge on any atom is 0.353 e. The zero-order chi connectivity index (χ0) is 15.4. The van der Waals surface area contributed by atoms with Gasteiger partial charge < -0.3 is 0 Å². The average Bonchev–Trinajstić information content (AvgIpc) is 2.62. The lowest BCUT2D eigenvalue weighted by Gasteiger charge is -2.36. The van der Waals surface area contributed by atoms with Gasteiger partial charge in [-0.2, -0.15) is 4.48 Å². The summed E-state index contributed by atoms with van der Waals surface area (Å²) in [7, 11) is 0. The Balaban J connectivity index is 2.02. The number of carbonyl (C=O) groups is 2. The normalized spacial score (nSPS) is 16.9. The van der Waals surface area contributed by atoms with Gasteiger partial charge in [-0.1, -0.05) is 36.4 Å². The van der Waals surface area contributed by atoms with Gasteiger partial charge in [0.25, 0.3) is 0 Å². The largest absolute Gasteiger partial charge is 0.353 e. The minimum absolute atomic E-state index is 0.0749. The van der Waals surface area contributed by atoms with Crippen molar-refractivity contribution in [2.45, 2.75) is 19.3 Å². The van der Waals surface area contributed by atoms with E-state index in [1.807, 2.05) is 36.4 Å². The van der Waals surface area contributed by atoms with Crippen LogP contribution in [-0.4, -0.2) is 29.4 Å². The number of amides is 2. The van der Waals surface area contributed by atoms with Crippen LogP contribution in [0, 0.1) is 0 Å². The molecule has 0 aromatic heterocycles. The van der Waals surface area contributed by atoms with E-state index in [4.69, 9.17) is 0 Å². The van der Waals surface area contributed by atoms with Gasteiger partial charge in [0.15, 0.2) is 0 Å². The molecule has 2 aromatic carbocycles. The molecule has 0 atom stereocenters. The van der Waals surface area contributed by atoms with Crippen molar-refractivity contribution in [1.29, 1.82) is 0 Å². The molecule has 0 aliphatic carbocycles. The molecular formula is C19H20NO2+. The van der Waals surface area contributed by atoms with Crippen molar-refractivity contribution in [2.75, 3.05) is 13.1 Å². The number of piperidine rings is 1. The van der Waals surface area contributed by atoms with Crippen LogP contribution in [0.5, 0.6) is 0 Å². The second-order valence-electron chi connectivity index (χ2n) is 5.82. The van der Waals surface area contributed by atoms with E-state index in [9.17, 15) is 9.59 Å². The van der Waals surface area contributed by atoms with Crippen LogP contribution in [0.2, 0.25) is 0 Å². The van der Waals surface area contributed by atoms with Gasteiger partial charge in [0.1, 0.15) is 0 Å². The van der Waals surface area contributed by atoms with Crippen molar-refractivity contribution in [3.8, 4) is 0 Å². The van der Waals surface area contributed by atoms with Gasteiger partial charge in [-0.25, -0.2) is 9.59 Å². The van der Waals surface area contributed by atoms with Crippen LogP contribution in [0.1, 0.15) is 40.0 Å². The van der Waals surface area contributed by atoms with Crippen LogP contribution in [-0.2, 0) is 0 Å². The Morgan fingerprint density at radius 1 is 0.636 bits per heavy atom. The molecule has 2 aromatic rings. The maximum absolute atomic E-state index is 13.1. The molecular weight excluding hydrogens is 274 g/mol. The van der Waals surface area contributed by atoms with Crippen LogP contribution >= 0.6 is 0 Å². The molecule has 0 N–H and O–H groups in total. The molecule has 0 bridgehead atoms. The van der Waals surface area contributed by atoms with Crippen molar-refractivity contribution in [3.05, 3.63) is 71.8 Å². The molecule has 3 nitrogen and oxygen atoms in total. The molecule has 1 fully saturated rings. The predicted octanol–water partition coefficient (Wildman–Crippen LogP) is 3.67. The summed E-state index contributed by atoms with van der Waals surface area (Å²) in [5.74, 6) is -0.150. The molecule has 3 heteroatoms. The highest BCUT2D eigenvalue weighted by molar-refractivity contribution is 6.01. The van der Waals surface area contributed by atoms with Crippen LogP contribution in [0.3, 0.4) is 0 Å². The van der Waals surface area contributed by atoms with Gasteiger partial charge in [-0.3, -0.25) is 0 Å². The Morgan fingerprint density at radius 3 is 1.45 bits per heavy atom. The fraction of sp³-hybridized carbons (Fsp3) is 0.263. The monoisotopic (exact) mass is 294 g/mol. The number of rotatable bonds is 2. The van der Waals surface area contributed by atoms with Crippen molar-refractivity contribution in [2.24, 2.45) is 0 Å². The maximum atomic E-state index is 13.1. The standard InChI is InChI=1S/C19H20NO2/c21-18(16-10-4-1-5-11-16)20(14-8-3-9-15-20)19(22)17-12-6-2-7-13-17/h1-2,4-7,10-13H,3,8-9,14-15H2/q+1. The summed E-state index contributed by atoms with van der Waals surface area (Å²) in [6, 6.07) is 18.4. The Labute approximate surface area is 130 Å². The van der Waals surface area contributed by atoms with Gasteiger partial charge in [0, 0.05) is 0 Å². The average molecular weight is 294 g/mol.